The Hall–Kier alpha value is -2.49. The topological polar surface area (TPSA) is 41.6 Å². The molecule has 2 aromatic rings. The first-order valence-electron chi connectivity index (χ1n) is 9.40. The minimum Gasteiger partial charge on any atom is -0.281 e. The van der Waals surface area contributed by atoms with E-state index in [9.17, 15) is 4.39 Å². The van der Waals surface area contributed by atoms with E-state index in [-0.39, 0.29) is 5.83 Å². The van der Waals surface area contributed by atoms with E-state index in [1.165, 1.54) is 49.8 Å². The lowest BCUT2D eigenvalue weighted by Crippen LogP contribution is -2.06. The predicted octanol–water partition coefficient (Wildman–Crippen LogP) is 6.05. The highest BCUT2D eigenvalue weighted by Gasteiger charge is 2.24. The van der Waals surface area contributed by atoms with Gasteiger partial charge in [0.05, 0.1) is 5.69 Å². The Bertz CT molecular complexity index is 768. The molecule has 0 amide bonds. The van der Waals surface area contributed by atoms with Gasteiger partial charge in [0.25, 0.3) is 0 Å². The van der Waals surface area contributed by atoms with Crippen LogP contribution in [0.4, 0.5) is 4.39 Å². The van der Waals surface area contributed by atoms with E-state index in [4.69, 9.17) is 0 Å². The van der Waals surface area contributed by atoms with Gasteiger partial charge in [-0.05, 0) is 49.1 Å². The van der Waals surface area contributed by atoms with Crippen LogP contribution in [0.15, 0.2) is 61.2 Å². The van der Waals surface area contributed by atoms with Gasteiger partial charge in [-0.1, -0.05) is 31.4 Å². The summed E-state index contributed by atoms with van der Waals surface area (Å²) in [6.45, 7) is 3.60. The maximum Gasteiger partial charge on any atom is 0.119 e. The molecule has 3 nitrogen and oxygen atoms in total. The molecule has 0 saturated heterocycles. The van der Waals surface area contributed by atoms with E-state index in [0.29, 0.717) is 18.8 Å². The van der Waals surface area contributed by atoms with Crippen molar-refractivity contribution in [3.05, 3.63) is 72.6 Å². The number of H-pyrrole nitrogens is 1. The zero-order chi connectivity index (χ0) is 18.2. The molecular weight excluding hydrogens is 325 g/mol. The van der Waals surface area contributed by atoms with Crippen molar-refractivity contribution in [1.82, 2.24) is 15.2 Å². The molecule has 0 radical (unpaired) electrons. The maximum atomic E-state index is 13.7. The van der Waals surface area contributed by atoms with E-state index in [2.05, 4.69) is 21.8 Å². The third-order valence-electron chi connectivity index (χ3n) is 4.91. The highest BCUT2D eigenvalue weighted by atomic mass is 19.1. The molecule has 1 aliphatic carbocycles. The van der Waals surface area contributed by atoms with Crippen LogP contribution >= 0.6 is 0 Å². The quantitative estimate of drug-likeness (QED) is 0.487. The van der Waals surface area contributed by atoms with Crippen LogP contribution in [-0.4, -0.2) is 15.2 Å². The average Bonchev–Trinajstić information content (AvgIpc) is 3.11. The second-order valence-corrected chi connectivity index (χ2v) is 6.75. The Balaban J connectivity index is 1.86. The lowest BCUT2D eigenvalue weighted by atomic mass is 9.84. The zero-order valence-electron chi connectivity index (χ0n) is 15.1. The molecule has 26 heavy (non-hydrogen) atoms. The van der Waals surface area contributed by atoms with Gasteiger partial charge in [-0.25, -0.2) is 4.39 Å². The summed E-state index contributed by atoms with van der Waals surface area (Å²) < 4.78 is 13.7. The van der Waals surface area contributed by atoms with Gasteiger partial charge in [-0.2, -0.15) is 5.10 Å². The lowest BCUT2D eigenvalue weighted by Gasteiger charge is -2.21. The lowest BCUT2D eigenvalue weighted by molar-refractivity contribution is 0.437. The summed E-state index contributed by atoms with van der Waals surface area (Å²) in [5.74, 6) is 0.271. The Kier molecular flexibility index (Phi) is 6.53. The largest absolute Gasteiger partial charge is 0.281 e. The molecule has 0 aliphatic heterocycles. The molecule has 1 saturated carbocycles. The fourth-order valence-electron chi connectivity index (χ4n) is 3.61. The zero-order valence-corrected chi connectivity index (χ0v) is 15.1. The van der Waals surface area contributed by atoms with Crippen LogP contribution in [0, 0.1) is 0 Å². The normalized spacial score (nSPS) is 16.3. The van der Waals surface area contributed by atoms with E-state index in [0.717, 1.165) is 17.0 Å². The van der Waals surface area contributed by atoms with Crippen molar-refractivity contribution >= 4 is 0 Å². The number of hydrogen-bond acceptors (Lipinski definition) is 2. The highest BCUT2D eigenvalue weighted by molar-refractivity contribution is 5.69. The molecule has 1 fully saturated rings. The maximum absolute atomic E-state index is 13.7. The monoisotopic (exact) mass is 351 g/mol. The molecule has 0 unspecified atom stereocenters. The van der Waals surface area contributed by atoms with Gasteiger partial charge in [-0.3, -0.25) is 10.1 Å². The molecule has 0 spiro atoms. The molecule has 136 valence electrons. The van der Waals surface area contributed by atoms with Gasteiger partial charge < -0.3 is 0 Å². The van der Waals surface area contributed by atoms with Gasteiger partial charge >= 0.3 is 0 Å². The summed E-state index contributed by atoms with van der Waals surface area (Å²) in [7, 11) is 0. The van der Waals surface area contributed by atoms with Crippen molar-refractivity contribution in [3.8, 4) is 11.1 Å². The molecule has 3 rings (SSSR count). The Morgan fingerprint density at radius 3 is 2.73 bits per heavy atom. The molecule has 0 bridgehead atoms. The SMILES string of the molecule is C=CC/C=C(F)\C=C/Cc1[nH]nc(C2CCCCC2)c1-c1ccncc1. The summed E-state index contributed by atoms with van der Waals surface area (Å²) in [5, 5.41) is 7.87. The Morgan fingerprint density at radius 2 is 2.00 bits per heavy atom. The first-order valence-corrected chi connectivity index (χ1v) is 9.40. The van der Waals surface area contributed by atoms with Crippen molar-refractivity contribution in [2.75, 3.05) is 0 Å². The van der Waals surface area contributed by atoms with Gasteiger partial charge in [0.1, 0.15) is 5.83 Å². The average molecular weight is 351 g/mol. The number of pyridine rings is 1. The van der Waals surface area contributed by atoms with E-state index in [1.54, 1.807) is 6.08 Å². The van der Waals surface area contributed by atoms with E-state index >= 15 is 0 Å². The van der Waals surface area contributed by atoms with Crippen LogP contribution < -0.4 is 0 Å². The summed E-state index contributed by atoms with van der Waals surface area (Å²) >= 11 is 0. The minimum atomic E-state index is -0.234. The fraction of sp³-hybridized carbons (Fsp3) is 0.364. The van der Waals surface area contributed by atoms with Gasteiger partial charge in [0.2, 0.25) is 0 Å². The highest BCUT2D eigenvalue weighted by Crippen LogP contribution is 2.38. The smallest absolute Gasteiger partial charge is 0.119 e. The molecule has 1 N–H and O–H groups in total. The van der Waals surface area contributed by atoms with E-state index < -0.39 is 0 Å². The number of allylic oxidation sites excluding steroid dienone is 5. The van der Waals surface area contributed by atoms with Crippen molar-refractivity contribution in [2.45, 2.75) is 50.9 Å². The standard InChI is InChI=1S/C22H26FN3/c1-2-3-10-19(23)11-7-12-20-21(17-13-15-24-16-14-17)22(26-25-20)18-8-5-4-6-9-18/h2,7,10-11,13-16,18H,1,3-6,8-9,12H2,(H,25,26)/b11-7-,19-10+. The van der Waals surface area contributed by atoms with Crippen LogP contribution in [0.2, 0.25) is 0 Å². The first-order chi connectivity index (χ1) is 12.8. The van der Waals surface area contributed by atoms with E-state index in [1.807, 2.05) is 30.6 Å². The van der Waals surface area contributed by atoms with Crippen LogP contribution in [0.3, 0.4) is 0 Å². The number of rotatable bonds is 7. The number of aromatic amines is 1. The fourth-order valence-corrected chi connectivity index (χ4v) is 3.61. The predicted molar refractivity (Wildman–Crippen MR) is 104 cm³/mol. The summed E-state index contributed by atoms with van der Waals surface area (Å²) in [5.41, 5.74) is 4.48. The number of hydrogen-bond donors (Lipinski definition) is 1. The number of nitrogens with zero attached hydrogens (tertiary/aromatic N) is 2. The summed E-state index contributed by atoms with van der Waals surface area (Å²) in [6, 6.07) is 4.05. The third-order valence-corrected chi connectivity index (χ3v) is 4.91. The van der Waals surface area contributed by atoms with Crippen LogP contribution in [0.25, 0.3) is 11.1 Å². The number of nitrogens with one attached hydrogen (secondary N) is 1. The van der Waals surface area contributed by atoms with Crippen LogP contribution in [0.1, 0.15) is 55.8 Å². The molecule has 1 aliphatic rings. The van der Waals surface area contributed by atoms with Crippen LogP contribution in [-0.2, 0) is 6.42 Å². The minimum absolute atomic E-state index is 0.234. The number of aromatic nitrogens is 3. The Labute approximate surface area is 154 Å². The second-order valence-electron chi connectivity index (χ2n) is 6.75. The van der Waals surface area contributed by atoms with Gasteiger partial charge in [-0.15, -0.1) is 6.58 Å². The molecule has 4 heteroatoms. The van der Waals surface area contributed by atoms with Crippen LogP contribution in [0.5, 0.6) is 0 Å². The second kappa shape index (κ2) is 9.27. The summed E-state index contributed by atoms with van der Waals surface area (Å²) in [4.78, 5) is 4.13. The third kappa shape index (κ3) is 4.57. The molecule has 2 heterocycles. The van der Waals surface area contributed by atoms with Gasteiger partial charge in [0, 0.05) is 36.0 Å². The van der Waals surface area contributed by atoms with Gasteiger partial charge in [0.15, 0.2) is 0 Å². The van der Waals surface area contributed by atoms with Crippen molar-refractivity contribution < 1.29 is 4.39 Å². The Morgan fingerprint density at radius 1 is 1.23 bits per heavy atom. The molecule has 2 aromatic heterocycles. The molecule has 0 atom stereocenters. The summed E-state index contributed by atoms with van der Waals surface area (Å²) in [6.07, 6.45) is 17.6. The van der Waals surface area contributed by atoms with Crippen molar-refractivity contribution in [1.29, 1.82) is 0 Å². The molecular formula is C22H26FN3. The first kappa shape index (κ1) is 18.3. The van der Waals surface area contributed by atoms with Crippen molar-refractivity contribution in [2.24, 2.45) is 0 Å². The number of halogens is 1. The van der Waals surface area contributed by atoms with Crippen molar-refractivity contribution in [3.63, 3.8) is 0 Å². The molecule has 0 aromatic carbocycles.